The van der Waals surface area contributed by atoms with Crippen LogP contribution in [-0.4, -0.2) is 57.3 Å². The maximum atomic E-state index is 12.5. The predicted molar refractivity (Wildman–Crippen MR) is 91.3 cm³/mol. The molecule has 1 aromatic carbocycles. The average molecular weight is 352 g/mol. The third-order valence-corrected chi connectivity index (χ3v) is 5.58. The second-order valence-electron chi connectivity index (χ2n) is 7.00. The topological polar surface area (TPSA) is 75.7 Å². The average Bonchev–Trinajstić information content (AvgIpc) is 2.50. The third-order valence-electron chi connectivity index (χ3n) is 4.89. The number of rotatable bonds is 4. The van der Waals surface area contributed by atoms with Crippen molar-refractivity contribution in [1.29, 1.82) is 0 Å². The van der Waals surface area contributed by atoms with Crippen LogP contribution in [0.15, 0.2) is 24.3 Å². The van der Waals surface area contributed by atoms with Gasteiger partial charge >= 0.3 is 0 Å². The minimum absolute atomic E-state index is 0.0585. The van der Waals surface area contributed by atoms with E-state index in [1.54, 1.807) is 0 Å². The molecule has 0 unspecified atom stereocenters. The van der Waals surface area contributed by atoms with Crippen molar-refractivity contribution in [2.75, 3.05) is 32.5 Å². The molecule has 24 heavy (non-hydrogen) atoms. The summed E-state index contributed by atoms with van der Waals surface area (Å²) in [6.07, 6.45) is 2.94. The van der Waals surface area contributed by atoms with Crippen LogP contribution in [0.3, 0.4) is 0 Å². The van der Waals surface area contributed by atoms with E-state index in [0.717, 1.165) is 24.0 Å². The van der Waals surface area contributed by atoms with Crippen LogP contribution in [-0.2, 0) is 14.8 Å². The monoisotopic (exact) mass is 352 g/mol. The second kappa shape index (κ2) is 6.46. The molecule has 1 N–H and O–H groups in total. The van der Waals surface area contributed by atoms with Crippen molar-refractivity contribution >= 4 is 15.9 Å². The number of benzene rings is 1. The lowest BCUT2D eigenvalue weighted by molar-refractivity contribution is -0.165. The highest BCUT2D eigenvalue weighted by Gasteiger charge is 2.48. The first-order valence-electron chi connectivity index (χ1n) is 8.22. The van der Waals surface area contributed by atoms with E-state index < -0.39 is 10.0 Å². The van der Waals surface area contributed by atoms with Crippen molar-refractivity contribution in [3.05, 3.63) is 35.4 Å². The van der Waals surface area contributed by atoms with Crippen molar-refractivity contribution in [2.45, 2.75) is 25.4 Å². The fraction of sp³-hybridized carbons (Fsp3) is 0.588. The Kier molecular flexibility index (Phi) is 4.68. The van der Waals surface area contributed by atoms with E-state index in [-0.39, 0.29) is 17.4 Å². The third kappa shape index (κ3) is 3.79. The number of nitrogens with zero attached hydrogens (tertiary/aromatic N) is 1. The van der Waals surface area contributed by atoms with E-state index in [1.807, 2.05) is 36.1 Å². The van der Waals surface area contributed by atoms with E-state index >= 15 is 0 Å². The molecule has 0 saturated carbocycles. The molecule has 2 fully saturated rings. The van der Waals surface area contributed by atoms with E-state index in [4.69, 9.17) is 4.74 Å². The summed E-state index contributed by atoms with van der Waals surface area (Å²) in [5.74, 6) is 0.259. The predicted octanol–water partition coefficient (Wildman–Crippen LogP) is 1.17. The quantitative estimate of drug-likeness (QED) is 0.882. The Hall–Kier alpha value is -1.44. The van der Waals surface area contributed by atoms with E-state index in [9.17, 15) is 13.2 Å². The van der Waals surface area contributed by atoms with Crippen molar-refractivity contribution in [2.24, 2.45) is 5.92 Å². The van der Waals surface area contributed by atoms with E-state index in [0.29, 0.717) is 26.2 Å². The minimum Gasteiger partial charge on any atom is -0.371 e. The lowest BCUT2D eigenvalue weighted by atomic mass is 9.82. The summed E-state index contributed by atoms with van der Waals surface area (Å²) in [5, 5.41) is 0. The number of nitrogens with one attached hydrogen (secondary N) is 1. The highest BCUT2D eigenvalue weighted by Crippen LogP contribution is 2.36. The van der Waals surface area contributed by atoms with Gasteiger partial charge in [-0.2, -0.15) is 0 Å². The molecule has 2 heterocycles. The van der Waals surface area contributed by atoms with Gasteiger partial charge < -0.3 is 9.64 Å². The second-order valence-corrected chi connectivity index (χ2v) is 8.83. The SMILES string of the molecule is Cc1ccccc1C(=O)N1CC2(CC[C@@H](CNS(C)(=O)=O)CO2)C1. The van der Waals surface area contributed by atoms with Crippen LogP contribution >= 0.6 is 0 Å². The lowest BCUT2D eigenvalue weighted by Crippen LogP contribution is -2.66. The van der Waals surface area contributed by atoms with Gasteiger partial charge in [0.2, 0.25) is 10.0 Å². The molecule has 6 nitrogen and oxygen atoms in total. The van der Waals surface area contributed by atoms with Crippen LogP contribution in [0.4, 0.5) is 0 Å². The molecule has 1 spiro atoms. The van der Waals surface area contributed by atoms with E-state index in [1.165, 1.54) is 6.26 Å². The Labute approximate surface area is 143 Å². The summed E-state index contributed by atoms with van der Waals surface area (Å²) >= 11 is 0. The summed E-state index contributed by atoms with van der Waals surface area (Å²) in [4.78, 5) is 14.4. The molecule has 1 aromatic rings. The Morgan fingerprint density at radius 3 is 2.67 bits per heavy atom. The summed E-state index contributed by atoms with van der Waals surface area (Å²) in [5.41, 5.74) is 1.50. The van der Waals surface area contributed by atoms with E-state index in [2.05, 4.69) is 4.72 Å². The molecule has 0 aliphatic carbocycles. The zero-order valence-corrected chi connectivity index (χ0v) is 14.9. The van der Waals surface area contributed by atoms with Crippen LogP contribution in [0.5, 0.6) is 0 Å². The number of amides is 1. The van der Waals surface area contributed by atoms with Crippen LogP contribution in [0, 0.1) is 12.8 Å². The van der Waals surface area contributed by atoms with Crippen LogP contribution in [0.1, 0.15) is 28.8 Å². The minimum atomic E-state index is -3.16. The Bertz CT molecular complexity index is 716. The Morgan fingerprint density at radius 1 is 1.38 bits per heavy atom. The number of carbonyl (C=O) groups excluding carboxylic acids is 1. The van der Waals surface area contributed by atoms with Crippen LogP contribution in [0.25, 0.3) is 0 Å². The largest absolute Gasteiger partial charge is 0.371 e. The number of aryl methyl sites for hydroxylation is 1. The molecule has 1 amide bonds. The zero-order chi connectivity index (χ0) is 17.4. The summed E-state index contributed by atoms with van der Waals surface area (Å²) in [6.45, 7) is 4.13. The van der Waals surface area contributed by atoms with Gasteiger partial charge in [0.25, 0.3) is 5.91 Å². The molecule has 0 aromatic heterocycles. The number of hydrogen-bond donors (Lipinski definition) is 1. The van der Waals surface area contributed by atoms with Gasteiger partial charge in [-0.25, -0.2) is 13.1 Å². The fourth-order valence-corrected chi connectivity index (χ4v) is 3.91. The number of hydrogen-bond acceptors (Lipinski definition) is 4. The molecule has 7 heteroatoms. The van der Waals surface area contributed by atoms with Crippen molar-refractivity contribution in [1.82, 2.24) is 9.62 Å². The molecular weight excluding hydrogens is 328 g/mol. The summed E-state index contributed by atoms with van der Waals surface area (Å²) in [7, 11) is -3.16. The molecule has 2 saturated heterocycles. The Morgan fingerprint density at radius 2 is 2.08 bits per heavy atom. The first kappa shape index (κ1) is 17.4. The van der Waals surface area contributed by atoms with Gasteiger partial charge in [0, 0.05) is 12.1 Å². The molecule has 3 rings (SSSR count). The van der Waals surface area contributed by atoms with Gasteiger partial charge in [0.15, 0.2) is 0 Å². The number of carbonyl (C=O) groups is 1. The van der Waals surface area contributed by atoms with Crippen LogP contribution in [0.2, 0.25) is 0 Å². The first-order valence-corrected chi connectivity index (χ1v) is 10.1. The fourth-order valence-electron chi connectivity index (χ4n) is 3.37. The van der Waals surface area contributed by atoms with Gasteiger partial charge in [0.05, 0.1) is 26.0 Å². The normalized spacial score (nSPS) is 23.1. The smallest absolute Gasteiger partial charge is 0.254 e. The van der Waals surface area contributed by atoms with Gasteiger partial charge in [-0.15, -0.1) is 0 Å². The number of ether oxygens (including phenoxy) is 1. The molecule has 2 aliphatic heterocycles. The van der Waals surface area contributed by atoms with Crippen molar-refractivity contribution in [3.8, 4) is 0 Å². The molecule has 1 atom stereocenters. The zero-order valence-electron chi connectivity index (χ0n) is 14.1. The Balaban J connectivity index is 1.50. The highest BCUT2D eigenvalue weighted by molar-refractivity contribution is 7.88. The van der Waals surface area contributed by atoms with Gasteiger partial charge in [-0.05, 0) is 37.3 Å². The first-order chi connectivity index (χ1) is 11.3. The van der Waals surface area contributed by atoms with Crippen molar-refractivity contribution < 1.29 is 17.9 Å². The lowest BCUT2D eigenvalue weighted by Gasteiger charge is -2.52. The van der Waals surface area contributed by atoms with Gasteiger partial charge in [-0.3, -0.25) is 4.79 Å². The molecule has 132 valence electrons. The molecule has 0 radical (unpaired) electrons. The molecule has 0 bridgehead atoms. The molecule has 2 aliphatic rings. The maximum absolute atomic E-state index is 12.5. The summed E-state index contributed by atoms with van der Waals surface area (Å²) < 4.78 is 30.8. The van der Waals surface area contributed by atoms with Crippen LogP contribution < -0.4 is 4.72 Å². The number of likely N-dealkylation sites (tertiary alicyclic amines) is 1. The highest BCUT2D eigenvalue weighted by atomic mass is 32.2. The standard InChI is InChI=1S/C17H24N2O4S/c1-13-5-3-4-6-15(13)16(20)19-11-17(12-19)8-7-14(10-23-17)9-18-24(2,21)22/h3-6,14,18H,7-12H2,1-2H3/t14-/m0/s1. The van der Waals surface area contributed by atoms with Gasteiger partial charge in [-0.1, -0.05) is 18.2 Å². The van der Waals surface area contributed by atoms with Gasteiger partial charge in [0.1, 0.15) is 5.60 Å². The summed E-state index contributed by atoms with van der Waals surface area (Å²) in [6, 6.07) is 7.61. The van der Waals surface area contributed by atoms with Crippen molar-refractivity contribution in [3.63, 3.8) is 0 Å². The molecular formula is C17H24N2O4S. The maximum Gasteiger partial charge on any atom is 0.254 e. The number of sulfonamides is 1.